The molecule has 6 heteroatoms. The molecule has 0 radical (unpaired) electrons. The summed E-state index contributed by atoms with van der Waals surface area (Å²) in [5.74, 6) is 1.07. The highest BCUT2D eigenvalue weighted by atomic mass is 19.1. The lowest BCUT2D eigenvalue weighted by molar-refractivity contribution is 0.317. The van der Waals surface area contributed by atoms with Crippen LogP contribution in [-0.2, 0) is 6.54 Å². The molecule has 1 aromatic carbocycles. The van der Waals surface area contributed by atoms with Crippen LogP contribution < -0.4 is 10.1 Å². The summed E-state index contributed by atoms with van der Waals surface area (Å²) in [6.07, 6.45) is 2.75. The molecule has 1 atom stereocenters. The molecule has 1 unspecified atom stereocenters. The Kier molecular flexibility index (Phi) is 5.46. The summed E-state index contributed by atoms with van der Waals surface area (Å²) < 4.78 is 18.7. The number of hydrogen-bond acceptors (Lipinski definition) is 5. The monoisotopic (exact) mass is 340 g/mol. The first-order valence-electron chi connectivity index (χ1n) is 8.33. The zero-order valence-electron chi connectivity index (χ0n) is 14.2. The molecule has 3 rings (SSSR count). The minimum atomic E-state index is -0.323. The van der Waals surface area contributed by atoms with Gasteiger partial charge >= 0.3 is 0 Å². The fraction of sp³-hybridized carbons (Fsp3) is 0.368. The predicted octanol–water partition coefficient (Wildman–Crippen LogP) is 3.03. The minimum absolute atomic E-state index is 0.274. The van der Waals surface area contributed by atoms with Gasteiger partial charge in [-0.05, 0) is 48.7 Å². The summed E-state index contributed by atoms with van der Waals surface area (Å²) in [6.45, 7) is 3.42. The number of nitrogens with zero attached hydrogens (tertiary/aromatic N) is 3. The third kappa shape index (κ3) is 4.25. The molecule has 2 heterocycles. The van der Waals surface area contributed by atoms with Crippen molar-refractivity contribution in [1.29, 1.82) is 5.26 Å². The van der Waals surface area contributed by atoms with Crippen LogP contribution >= 0.6 is 0 Å². The summed E-state index contributed by atoms with van der Waals surface area (Å²) in [6, 6.07) is 10.8. The second-order valence-electron chi connectivity index (χ2n) is 6.25. The Morgan fingerprint density at radius 2 is 2.32 bits per heavy atom. The Morgan fingerprint density at radius 1 is 1.44 bits per heavy atom. The van der Waals surface area contributed by atoms with Crippen LogP contribution in [0.3, 0.4) is 0 Å². The molecule has 1 N–H and O–H groups in total. The van der Waals surface area contributed by atoms with Gasteiger partial charge in [-0.2, -0.15) is 5.26 Å². The van der Waals surface area contributed by atoms with E-state index in [4.69, 9.17) is 10.00 Å². The van der Waals surface area contributed by atoms with E-state index in [1.807, 2.05) is 6.07 Å². The molecule has 130 valence electrons. The van der Waals surface area contributed by atoms with Crippen molar-refractivity contribution < 1.29 is 9.13 Å². The summed E-state index contributed by atoms with van der Waals surface area (Å²) in [5, 5.41) is 12.4. The molecule has 25 heavy (non-hydrogen) atoms. The third-order valence-electron chi connectivity index (χ3n) is 4.48. The Labute approximate surface area is 147 Å². The fourth-order valence-electron chi connectivity index (χ4n) is 3.17. The zero-order valence-corrected chi connectivity index (χ0v) is 14.2. The lowest BCUT2D eigenvalue weighted by Gasteiger charge is -2.17. The Balaban J connectivity index is 1.52. The normalized spacial score (nSPS) is 17.2. The van der Waals surface area contributed by atoms with Crippen molar-refractivity contribution in [3.05, 3.63) is 53.5 Å². The van der Waals surface area contributed by atoms with Crippen molar-refractivity contribution in [1.82, 2.24) is 9.88 Å². The first-order chi connectivity index (χ1) is 12.2. The van der Waals surface area contributed by atoms with Gasteiger partial charge in [0.25, 0.3) is 0 Å². The van der Waals surface area contributed by atoms with Gasteiger partial charge in [0.1, 0.15) is 11.9 Å². The van der Waals surface area contributed by atoms with Gasteiger partial charge in [0.15, 0.2) is 11.6 Å². The minimum Gasteiger partial charge on any atom is -0.494 e. The molecule has 1 aliphatic heterocycles. The smallest absolute Gasteiger partial charge is 0.165 e. The average molecular weight is 340 g/mol. The van der Waals surface area contributed by atoms with E-state index < -0.39 is 0 Å². The van der Waals surface area contributed by atoms with Crippen molar-refractivity contribution >= 4 is 5.82 Å². The number of halogens is 1. The Hall–Kier alpha value is -2.65. The Morgan fingerprint density at radius 3 is 3.08 bits per heavy atom. The molecule has 0 spiro atoms. The van der Waals surface area contributed by atoms with E-state index in [1.165, 1.54) is 13.2 Å². The standard InChI is InChI=1S/C19H21FN4O/c1-25-18-5-4-14(9-17(18)20)12-24-8-6-15(13-24)11-23-19-16(10-21)3-2-7-22-19/h2-5,7,9,15H,6,8,11-13H2,1H3,(H,22,23). The summed E-state index contributed by atoms with van der Waals surface area (Å²) >= 11 is 0. The van der Waals surface area contributed by atoms with Crippen molar-refractivity contribution in [2.24, 2.45) is 5.92 Å². The number of likely N-dealkylation sites (tertiary alicyclic amines) is 1. The molecule has 1 aliphatic rings. The van der Waals surface area contributed by atoms with Crippen LogP contribution in [0.1, 0.15) is 17.5 Å². The van der Waals surface area contributed by atoms with Crippen LogP contribution in [0.15, 0.2) is 36.5 Å². The lowest BCUT2D eigenvalue weighted by Crippen LogP contribution is -2.23. The molecule has 1 aromatic heterocycles. The van der Waals surface area contributed by atoms with Crippen LogP contribution in [-0.4, -0.2) is 36.6 Å². The second kappa shape index (κ2) is 7.95. The van der Waals surface area contributed by atoms with Gasteiger partial charge in [-0.15, -0.1) is 0 Å². The van der Waals surface area contributed by atoms with E-state index in [2.05, 4.69) is 21.3 Å². The molecular formula is C19H21FN4O. The largest absolute Gasteiger partial charge is 0.494 e. The number of pyridine rings is 1. The first kappa shape index (κ1) is 17.2. The van der Waals surface area contributed by atoms with Crippen LogP contribution in [0.5, 0.6) is 5.75 Å². The van der Waals surface area contributed by atoms with Gasteiger partial charge in [0, 0.05) is 25.8 Å². The van der Waals surface area contributed by atoms with Gasteiger partial charge in [0.05, 0.1) is 12.7 Å². The van der Waals surface area contributed by atoms with Gasteiger partial charge in [-0.1, -0.05) is 6.07 Å². The maximum atomic E-state index is 13.8. The second-order valence-corrected chi connectivity index (χ2v) is 6.25. The van der Waals surface area contributed by atoms with Crippen molar-refractivity contribution in [2.75, 3.05) is 32.1 Å². The number of methoxy groups -OCH3 is 1. The number of benzene rings is 1. The summed E-state index contributed by atoms with van der Waals surface area (Å²) in [5.41, 5.74) is 1.51. The SMILES string of the molecule is COc1ccc(CN2CCC(CNc3ncccc3C#N)C2)cc1F. The number of nitrogens with one attached hydrogen (secondary N) is 1. The summed E-state index contributed by atoms with van der Waals surface area (Å²) in [4.78, 5) is 6.54. The topological polar surface area (TPSA) is 61.2 Å². The molecule has 0 amide bonds. The van der Waals surface area contributed by atoms with E-state index in [1.54, 1.807) is 24.4 Å². The molecule has 0 bridgehead atoms. The number of nitriles is 1. The molecule has 1 fully saturated rings. The van der Waals surface area contributed by atoms with Gasteiger partial charge in [-0.25, -0.2) is 9.37 Å². The van der Waals surface area contributed by atoms with Crippen LogP contribution in [0, 0.1) is 23.1 Å². The number of rotatable bonds is 6. The van der Waals surface area contributed by atoms with Crippen LogP contribution in [0.2, 0.25) is 0 Å². The van der Waals surface area contributed by atoms with Gasteiger partial charge < -0.3 is 10.1 Å². The molecular weight excluding hydrogens is 319 g/mol. The van der Waals surface area contributed by atoms with E-state index in [9.17, 15) is 4.39 Å². The van der Waals surface area contributed by atoms with Crippen LogP contribution in [0.25, 0.3) is 0 Å². The molecule has 0 aliphatic carbocycles. The fourth-order valence-corrected chi connectivity index (χ4v) is 3.17. The molecule has 1 saturated heterocycles. The number of ether oxygens (including phenoxy) is 1. The van der Waals surface area contributed by atoms with E-state index in [0.717, 1.165) is 38.2 Å². The quantitative estimate of drug-likeness (QED) is 0.876. The van der Waals surface area contributed by atoms with Crippen molar-refractivity contribution in [2.45, 2.75) is 13.0 Å². The summed E-state index contributed by atoms with van der Waals surface area (Å²) in [7, 11) is 1.47. The van der Waals surface area contributed by atoms with E-state index in [0.29, 0.717) is 17.3 Å². The van der Waals surface area contributed by atoms with Crippen molar-refractivity contribution in [3.8, 4) is 11.8 Å². The highest BCUT2D eigenvalue weighted by Gasteiger charge is 2.23. The third-order valence-corrected chi connectivity index (χ3v) is 4.48. The predicted molar refractivity (Wildman–Crippen MR) is 93.8 cm³/mol. The van der Waals surface area contributed by atoms with Gasteiger partial charge in [0.2, 0.25) is 0 Å². The molecule has 5 nitrogen and oxygen atoms in total. The maximum absolute atomic E-state index is 13.8. The van der Waals surface area contributed by atoms with E-state index in [-0.39, 0.29) is 11.6 Å². The first-order valence-corrected chi connectivity index (χ1v) is 8.33. The molecule has 2 aromatic rings. The Bertz CT molecular complexity index is 774. The number of anilines is 1. The van der Waals surface area contributed by atoms with Crippen molar-refractivity contribution in [3.63, 3.8) is 0 Å². The lowest BCUT2D eigenvalue weighted by atomic mass is 10.1. The van der Waals surface area contributed by atoms with E-state index >= 15 is 0 Å². The van der Waals surface area contributed by atoms with Crippen LogP contribution in [0.4, 0.5) is 10.2 Å². The zero-order chi connectivity index (χ0) is 17.6. The highest BCUT2D eigenvalue weighted by Crippen LogP contribution is 2.22. The van der Waals surface area contributed by atoms with Gasteiger partial charge in [-0.3, -0.25) is 4.90 Å². The average Bonchev–Trinajstić information content (AvgIpc) is 3.07. The maximum Gasteiger partial charge on any atom is 0.165 e. The number of hydrogen-bond donors (Lipinski definition) is 1. The number of aromatic nitrogens is 1. The molecule has 0 saturated carbocycles. The highest BCUT2D eigenvalue weighted by molar-refractivity contribution is 5.51.